The minimum Gasteiger partial charge on any atom is -0.348 e. The second kappa shape index (κ2) is 6.62. The molecule has 1 amide bonds. The molecule has 0 radical (unpaired) electrons. The number of carbonyl (C=O) groups is 1. The van der Waals surface area contributed by atoms with Crippen LogP contribution in [0.4, 0.5) is 0 Å². The van der Waals surface area contributed by atoms with E-state index in [1.165, 1.54) is 19.3 Å². The number of rotatable bonds is 3. The van der Waals surface area contributed by atoms with Crippen LogP contribution in [0.5, 0.6) is 0 Å². The van der Waals surface area contributed by atoms with E-state index >= 15 is 0 Å². The zero-order chi connectivity index (χ0) is 13.8. The quantitative estimate of drug-likeness (QED) is 0.869. The third kappa shape index (κ3) is 3.86. The summed E-state index contributed by atoms with van der Waals surface area (Å²) >= 11 is 7.74. The van der Waals surface area contributed by atoms with E-state index in [2.05, 4.69) is 16.6 Å². The van der Waals surface area contributed by atoms with Gasteiger partial charge in [0.25, 0.3) is 5.91 Å². The van der Waals surface area contributed by atoms with Crippen molar-refractivity contribution in [3.05, 3.63) is 28.5 Å². The van der Waals surface area contributed by atoms with E-state index in [1.54, 1.807) is 12.1 Å². The molecular weight excluding hydrogens is 280 g/mol. The lowest BCUT2D eigenvalue weighted by atomic mass is 9.94. The number of aromatic nitrogens is 1. The van der Waals surface area contributed by atoms with Crippen LogP contribution < -0.4 is 5.32 Å². The lowest BCUT2D eigenvalue weighted by Gasteiger charge is -2.31. The first-order valence-electron chi connectivity index (χ1n) is 6.58. The van der Waals surface area contributed by atoms with Crippen molar-refractivity contribution in [2.24, 2.45) is 0 Å². The van der Waals surface area contributed by atoms with Crippen molar-refractivity contribution in [1.29, 1.82) is 0 Å². The highest BCUT2D eigenvalue weighted by molar-refractivity contribution is 7.99. The second-order valence-electron chi connectivity index (χ2n) is 4.96. The van der Waals surface area contributed by atoms with E-state index in [0.29, 0.717) is 16.0 Å². The van der Waals surface area contributed by atoms with Crippen molar-refractivity contribution in [2.45, 2.75) is 43.9 Å². The zero-order valence-corrected chi connectivity index (χ0v) is 12.9. The summed E-state index contributed by atoms with van der Waals surface area (Å²) in [6.07, 6.45) is 6.82. The number of hydrogen-bond acceptors (Lipinski definition) is 3. The number of amides is 1. The van der Waals surface area contributed by atoms with Crippen molar-refractivity contribution >= 4 is 29.3 Å². The van der Waals surface area contributed by atoms with Crippen molar-refractivity contribution < 1.29 is 4.79 Å². The van der Waals surface area contributed by atoms with Crippen LogP contribution in [0, 0.1) is 6.92 Å². The molecular formula is C14H19ClN2OS. The van der Waals surface area contributed by atoms with Gasteiger partial charge in [0, 0.05) is 22.5 Å². The van der Waals surface area contributed by atoms with E-state index in [0.717, 1.165) is 12.1 Å². The summed E-state index contributed by atoms with van der Waals surface area (Å²) < 4.78 is 0. The third-order valence-electron chi connectivity index (χ3n) is 3.51. The molecule has 1 aromatic heterocycles. The number of halogens is 1. The summed E-state index contributed by atoms with van der Waals surface area (Å²) in [5.41, 5.74) is 1.37. The van der Waals surface area contributed by atoms with Crippen LogP contribution in [-0.2, 0) is 0 Å². The molecule has 1 N–H and O–H groups in total. The number of carbonyl (C=O) groups excluding carboxylic acids is 1. The minimum atomic E-state index is -0.0432. The van der Waals surface area contributed by atoms with E-state index in [9.17, 15) is 4.79 Å². The van der Waals surface area contributed by atoms with Crippen LogP contribution in [0.3, 0.4) is 0 Å². The number of aryl methyl sites for hydroxylation is 1. The van der Waals surface area contributed by atoms with Crippen molar-refractivity contribution in [3.63, 3.8) is 0 Å². The fourth-order valence-electron chi connectivity index (χ4n) is 2.55. The predicted molar refractivity (Wildman–Crippen MR) is 81.0 cm³/mol. The van der Waals surface area contributed by atoms with Crippen LogP contribution in [0.1, 0.15) is 41.7 Å². The SMILES string of the molecule is CSC1CCCCC1NC(=O)c1cc(C)nc(Cl)c1. The highest BCUT2D eigenvalue weighted by atomic mass is 35.5. The number of nitrogens with zero attached hydrogens (tertiary/aromatic N) is 1. The zero-order valence-electron chi connectivity index (χ0n) is 11.3. The van der Waals surface area contributed by atoms with Gasteiger partial charge in [-0.3, -0.25) is 4.79 Å². The first-order valence-corrected chi connectivity index (χ1v) is 8.24. The van der Waals surface area contributed by atoms with Crippen LogP contribution in [0.15, 0.2) is 12.1 Å². The Kier molecular flexibility index (Phi) is 5.11. The molecule has 0 aliphatic heterocycles. The molecule has 0 saturated heterocycles. The highest BCUT2D eigenvalue weighted by Crippen LogP contribution is 2.27. The molecule has 3 nitrogen and oxygen atoms in total. The van der Waals surface area contributed by atoms with Crippen LogP contribution in [-0.4, -0.2) is 28.4 Å². The minimum absolute atomic E-state index is 0.0432. The molecule has 2 unspecified atom stereocenters. The Morgan fingerprint density at radius 3 is 2.84 bits per heavy atom. The Morgan fingerprint density at radius 2 is 2.16 bits per heavy atom. The van der Waals surface area contributed by atoms with Crippen molar-refractivity contribution in [2.75, 3.05) is 6.26 Å². The number of nitrogens with one attached hydrogen (secondary N) is 1. The maximum absolute atomic E-state index is 12.3. The molecule has 1 fully saturated rings. The van der Waals surface area contributed by atoms with Gasteiger partial charge < -0.3 is 5.32 Å². The van der Waals surface area contributed by atoms with E-state index in [1.807, 2.05) is 18.7 Å². The van der Waals surface area contributed by atoms with Gasteiger partial charge in [-0.25, -0.2) is 4.98 Å². The average Bonchev–Trinajstić information content (AvgIpc) is 2.38. The Labute approximate surface area is 123 Å². The number of hydrogen-bond donors (Lipinski definition) is 1. The van der Waals surface area contributed by atoms with E-state index in [4.69, 9.17) is 11.6 Å². The summed E-state index contributed by atoms with van der Waals surface area (Å²) in [4.78, 5) is 16.3. The normalized spacial score (nSPS) is 23.1. The second-order valence-corrected chi connectivity index (χ2v) is 6.42. The summed E-state index contributed by atoms with van der Waals surface area (Å²) in [5.74, 6) is -0.0432. The van der Waals surface area contributed by atoms with E-state index < -0.39 is 0 Å². The largest absolute Gasteiger partial charge is 0.348 e. The topological polar surface area (TPSA) is 42.0 Å². The summed E-state index contributed by atoms with van der Waals surface area (Å²) in [6, 6.07) is 3.67. The molecule has 0 bridgehead atoms. The summed E-state index contributed by atoms with van der Waals surface area (Å²) in [5, 5.41) is 4.04. The van der Waals surface area contributed by atoms with Crippen molar-refractivity contribution in [1.82, 2.24) is 10.3 Å². The molecule has 0 spiro atoms. The predicted octanol–water partition coefficient (Wildman–Crippen LogP) is 3.45. The smallest absolute Gasteiger partial charge is 0.251 e. The van der Waals surface area contributed by atoms with Crippen LogP contribution in [0.2, 0.25) is 5.15 Å². The fraction of sp³-hybridized carbons (Fsp3) is 0.571. The molecule has 104 valence electrons. The maximum Gasteiger partial charge on any atom is 0.251 e. The summed E-state index contributed by atoms with van der Waals surface area (Å²) in [7, 11) is 0. The molecule has 19 heavy (non-hydrogen) atoms. The Bertz CT molecular complexity index is 447. The van der Waals surface area contributed by atoms with Gasteiger partial charge in [-0.1, -0.05) is 24.4 Å². The van der Waals surface area contributed by atoms with Gasteiger partial charge in [0.05, 0.1) is 0 Å². The average molecular weight is 299 g/mol. The van der Waals surface area contributed by atoms with Gasteiger partial charge in [-0.15, -0.1) is 0 Å². The van der Waals surface area contributed by atoms with Gasteiger partial charge in [-0.2, -0.15) is 11.8 Å². The molecule has 1 aliphatic rings. The molecule has 0 aromatic carbocycles. The Morgan fingerprint density at radius 1 is 1.42 bits per heavy atom. The first-order chi connectivity index (χ1) is 9.10. The van der Waals surface area contributed by atoms with Gasteiger partial charge in [0.2, 0.25) is 0 Å². The Hall–Kier alpha value is -0.740. The molecule has 1 aliphatic carbocycles. The fourth-order valence-corrected chi connectivity index (χ4v) is 3.74. The standard InChI is InChI=1S/C14H19ClN2OS/c1-9-7-10(8-13(15)16-9)14(18)17-11-5-3-4-6-12(11)19-2/h7-8,11-12H,3-6H2,1-2H3,(H,17,18). The highest BCUT2D eigenvalue weighted by Gasteiger charge is 2.26. The molecule has 2 rings (SSSR count). The molecule has 1 heterocycles. The molecule has 1 aromatic rings. The van der Waals surface area contributed by atoms with Gasteiger partial charge in [0.1, 0.15) is 5.15 Å². The van der Waals surface area contributed by atoms with Crippen LogP contribution >= 0.6 is 23.4 Å². The third-order valence-corrected chi connectivity index (χ3v) is 4.87. The monoisotopic (exact) mass is 298 g/mol. The molecule has 1 saturated carbocycles. The number of thioether (sulfide) groups is 1. The lowest BCUT2D eigenvalue weighted by molar-refractivity contribution is 0.0929. The molecule has 5 heteroatoms. The Balaban J connectivity index is 2.07. The van der Waals surface area contributed by atoms with E-state index in [-0.39, 0.29) is 11.9 Å². The lowest BCUT2D eigenvalue weighted by Crippen LogP contribution is -2.43. The van der Waals surface area contributed by atoms with Gasteiger partial charge >= 0.3 is 0 Å². The van der Waals surface area contributed by atoms with Gasteiger partial charge in [-0.05, 0) is 38.2 Å². The molecule has 2 atom stereocenters. The van der Waals surface area contributed by atoms with Gasteiger partial charge in [0.15, 0.2) is 0 Å². The maximum atomic E-state index is 12.3. The number of pyridine rings is 1. The summed E-state index contributed by atoms with van der Waals surface area (Å²) in [6.45, 7) is 1.84. The first kappa shape index (κ1) is 14.7. The van der Waals surface area contributed by atoms with Crippen LogP contribution in [0.25, 0.3) is 0 Å². The van der Waals surface area contributed by atoms with Crippen molar-refractivity contribution in [3.8, 4) is 0 Å².